The van der Waals surface area contributed by atoms with Gasteiger partial charge in [-0.25, -0.2) is 4.98 Å². The lowest BCUT2D eigenvalue weighted by atomic mass is 10.2. The molecule has 2 aromatic heterocycles. The number of fused-ring (bicyclic) bond motifs is 1. The molecule has 0 fully saturated rings. The van der Waals surface area contributed by atoms with E-state index in [0.717, 1.165) is 33.9 Å². The molecule has 0 saturated carbocycles. The van der Waals surface area contributed by atoms with Crippen molar-refractivity contribution in [2.45, 2.75) is 6.54 Å². The normalized spacial score (nSPS) is 10.9. The third kappa shape index (κ3) is 2.02. The molecule has 2 heterocycles. The highest BCUT2D eigenvalue weighted by atomic mass is 16.5. The molecule has 20 heavy (non-hydrogen) atoms. The van der Waals surface area contributed by atoms with Crippen LogP contribution in [0.1, 0.15) is 5.56 Å². The van der Waals surface area contributed by atoms with Crippen molar-refractivity contribution in [3.63, 3.8) is 0 Å². The zero-order chi connectivity index (χ0) is 14.1. The topological polar surface area (TPSA) is 66.0 Å². The lowest BCUT2D eigenvalue weighted by Crippen LogP contribution is -1.99. The van der Waals surface area contributed by atoms with Crippen molar-refractivity contribution in [3.8, 4) is 17.3 Å². The number of rotatable bonds is 3. The SMILES string of the molecule is COc1ccc2c(c1)nc(-c1ccc(CN)cn1)n2C. The number of nitrogens with two attached hydrogens (primary N) is 1. The first-order chi connectivity index (χ1) is 9.72. The lowest BCUT2D eigenvalue weighted by molar-refractivity contribution is 0.415. The Labute approximate surface area is 117 Å². The summed E-state index contributed by atoms with van der Waals surface area (Å²) in [6.45, 7) is 0.493. The van der Waals surface area contributed by atoms with E-state index in [1.807, 2.05) is 41.9 Å². The number of pyridine rings is 1. The molecule has 0 aliphatic rings. The van der Waals surface area contributed by atoms with Crippen molar-refractivity contribution >= 4 is 11.0 Å². The molecule has 0 aliphatic carbocycles. The fraction of sp³-hybridized carbons (Fsp3) is 0.200. The number of imidazole rings is 1. The highest BCUT2D eigenvalue weighted by Gasteiger charge is 2.11. The van der Waals surface area contributed by atoms with Crippen LogP contribution in [-0.4, -0.2) is 21.6 Å². The van der Waals surface area contributed by atoms with Crippen LogP contribution in [0, 0.1) is 0 Å². The maximum absolute atomic E-state index is 5.59. The third-order valence-electron chi connectivity index (χ3n) is 3.38. The van der Waals surface area contributed by atoms with E-state index in [1.54, 1.807) is 13.3 Å². The molecule has 0 saturated heterocycles. The van der Waals surface area contributed by atoms with Crippen LogP contribution in [0.15, 0.2) is 36.5 Å². The minimum Gasteiger partial charge on any atom is -0.497 e. The second kappa shape index (κ2) is 4.94. The van der Waals surface area contributed by atoms with Crippen LogP contribution < -0.4 is 10.5 Å². The van der Waals surface area contributed by atoms with E-state index < -0.39 is 0 Å². The Morgan fingerprint density at radius 1 is 1.25 bits per heavy atom. The van der Waals surface area contributed by atoms with Gasteiger partial charge in [-0.05, 0) is 23.8 Å². The fourth-order valence-corrected chi connectivity index (χ4v) is 2.21. The molecule has 0 atom stereocenters. The van der Waals surface area contributed by atoms with Gasteiger partial charge >= 0.3 is 0 Å². The largest absolute Gasteiger partial charge is 0.497 e. The fourth-order valence-electron chi connectivity index (χ4n) is 2.21. The highest BCUT2D eigenvalue weighted by Crippen LogP contribution is 2.25. The summed E-state index contributed by atoms with van der Waals surface area (Å²) in [5, 5.41) is 0. The Morgan fingerprint density at radius 3 is 2.75 bits per heavy atom. The number of methoxy groups -OCH3 is 1. The summed E-state index contributed by atoms with van der Waals surface area (Å²) in [6, 6.07) is 9.77. The maximum Gasteiger partial charge on any atom is 0.159 e. The first kappa shape index (κ1) is 12.6. The lowest BCUT2D eigenvalue weighted by Gasteiger charge is -2.03. The van der Waals surface area contributed by atoms with Crippen molar-refractivity contribution in [1.29, 1.82) is 0 Å². The number of nitrogens with zero attached hydrogens (tertiary/aromatic N) is 3. The van der Waals surface area contributed by atoms with Gasteiger partial charge in [-0.15, -0.1) is 0 Å². The second-order valence-corrected chi connectivity index (χ2v) is 4.60. The summed E-state index contributed by atoms with van der Waals surface area (Å²) < 4.78 is 7.26. The van der Waals surface area contributed by atoms with E-state index in [4.69, 9.17) is 10.5 Å². The van der Waals surface area contributed by atoms with E-state index in [9.17, 15) is 0 Å². The van der Waals surface area contributed by atoms with E-state index in [1.165, 1.54) is 0 Å². The van der Waals surface area contributed by atoms with Crippen molar-refractivity contribution in [2.24, 2.45) is 12.8 Å². The van der Waals surface area contributed by atoms with Crippen LogP contribution in [0.25, 0.3) is 22.6 Å². The van der Waals surface area contributed by atoms with E-state index in [-0.39, 0.29) is 0 Å². The van der Waals surface area contributed by atoms with Crippen molar-refractivity contribution in [3.05, 3.63) is 42.1 Å². The van der Waals surface area contributed by atoms with E-state index in [0.29, 0.717) is 6.54 Å². The van der Waals surface area contributed by atoms with Crippen LogP contribution in [0.4, 0.5) is 0 Å². The molecule has 2 N–H and O–H groups in total. The standard InChI is InChI=1S/C15H16N4O/c1-19-14-6-4-11(20-2)7-13(14)18-15(19)12-5-3-10(8-16)9-17-12/h3-7,9H,8,16H2,1-2H3. The van der Waals surface area contributed by atoms with Gasteiger partial charge in [0.1, 0.15) is 11.4 Å². The Balaban J connectivity index is 2.12. The first-order valence-electron chi connectivity index (χ1n) is 6.39. The van der Waals surface area contributed by atoms with Gasteiger partial charge < -0.3 is 15.0 Å². The quantitative estimate of drug-likeness (QED) is 0.790. The van der Waals surface area contributed by atoms with Gasteiger partial charge in [0.15, 0.2) is 5.82 Å². The minimum absolute atomic E-state index is 0.493. The first-order valence-corrected chi connectivity index (χ1v) is 6.39. The Bertz CT molecular complexity index is 746. The molecule has 5 heteroatoms. The number of hydrogen-bond acceptors (Lipinski definition) is 4. The highest BCUT2D eigenvalue weighted by molar-refractivity contribution is 5.81. The van der Waals surface area contributed by atoms with Gasteiger partial charge in [0, 0.05) is 25.9 Å². The summed E-state index contributed by atoms with van der Waals surface area (Å²) in [7, 11) is 3.63. The number of hydrogen-bond donors (Lipinski definition) is 1. The predicted molar refractivity (Wildman–Crippen MR) is 78.4 cm³/mol. The summed E-state index contributed by atoms with van der Waals surface area (Å²) in [6.07, 6.45) is 1.79. The molecule has 0 spiro atoms. The van der Waals surface area contributed by atoms with Gasteiger partial charge in [-0.2, -0.15) is 0 Å². The maximum atomic E-state index is 5.59. The molecule has 0 radical (unpaired) electrons. The Morgan fingerprint density at radius 2 is 2.10 bits per heavy atom. The summed E-state index contributed by atoms with van der Waals surface area (Å²) in [4.78, 5) is 9.06. The predicted octanol–water partition coefficient (Wildman–Crippen LogP) is 2.10. The van der Waals surface area contributed by atoms with Crippen molar-refractivity contribution < 1.29 is 4.74 Å². The zero-order valence-corrected chi connectivity index (χ0v) is 11.5. The molecule has 0 aliphatic heterocycles. The molecule has 0 bridgehead atoms. The average Bonchev–Trinajstić information content (AvgIpc) is 2.84. The third-order valence-corrected chi connectivity index (χ3v) is 3.38. The smallest absolute Gasteiger partial charge is 0.159 e. The van der Waals surface area contributed by atoms with Gasteiger partial charge in [-0.3, -0.25) is 4.98 Å². The second-order valence-electron chi connectivity index (χ2n) is 4.60. The molecule has 102 valence electrons. The molecule has 3 rings (SSSR count). The monoisotopic (exact) mass is 268 g/mol. The summed E-state index contributed by atoms with van der Waals surface area (Å²) in [5.74, 6) is 1.63. The summed E-state index contributed by atoms with van der Waals surface area (Å²) in [5.41, 5.74) is 9.37. The molecule has 5 nitrogen and oxygen atoms in total. The zero-order valence-electron chi connectivity index (χ0n) is 11.5. The van der Waals surface area contributed by atoms with E-state index >= 15 is 0 Å². The molecule has 0 amide bonds. The van der Waals surface area contributed by atoms with Gasteiger partial charge in [0.2, 0.25) is 0 Å². The molecule has 0 unspecified atom stereocenters. The van der Waals surface area contributed by atoms with Crippen molar-refractivity contribution in [2.75, 3.05) is 7.11 Å². The van der Waals surface area contributed by atoms with Gasteiger partial charge in [-0.1, -0.05) is 6.07 Å². The van der Waals surface area contributed by atoms with Crippen LogP contribution in [0.2, 0.25) is 0 Å². The van der Waals surface area contributed by atoms with Crippen LogP contribution in [-0.2, 0) is 13.6 Å². The minimum atomic E-state index is 0.493. The van der Waals surface area contributed by atoms with Crippen LogP contribution in [0.3, 0.4) is 0 Å². The number of aryl methyl sites for hydroxylation is 1. The van der Waals surface area contributed by atoms with Gasteiger partial charge in [0.05, 0.1) is 18.1 Å². The Kier molecular flexibility index (Phi) is 3.12. The van der Waals surface area contributed by atoms with E-state index in [2.05, 4.69) is 9.97 Å². The molecular weight excluding hydrogens is 252 g/mol. The molecular formula is C15H16N4O. The Hall–Kier alpha value is -2.40. The van der Waals surface area contributed by atoms with Crippen LogP contribution >= 0.6 is 0 Å². The number of benzene rings is 1. The van der Waals surface area contributed by atoms with Crippen LogP contribution in [0.5, 0.6) is 5.75 Å². The summed E-state index contributed by atoms with van der Waals surface area (Å²) >= 11 is 0. The number of aromatic nitrogens is 3. The van der Waals surface area contributed by atoms with Gasteiger partial charge in [0.25, 0.3) is 0 Å². The number of ether oxygens (including phenoxy) is 1. The molecule has 1 aromatic carbocycles. The van der Waals surface area contributed by atoms with Crippen molar-refractivity contribution in [1.82, 2.24) is 14.5 Å². The molecule has 3 aromatic rings. The average molecular weight is 268 g/mol.